The average molecular weight is 299 g/mol. The molecule has 0 radical (unpaired) electrons. The summed E-state index contributed by atoms with van der Waals surface area (Å²) in [6.07, 6.45) is 0. The van der Waals surface area contributed by atoms with E-state index >= 15 is 0 Å². The van der Waals surface area contributed by atoms with Crippen molar-refractivity contribution in [3.63, 3.8) is 0 Å². The Kier molecular flexibility index (Phi) is 3.77. The third-order valence-electron chi connectivity index (χ3n) is 3.22. The largest absolute Gasteiger partial charge is 0.0843 e. The molecule has 2 heteroatoms. The maximum Gasteiger partial charge on any atom is 0.0412 e. The van der Waals surface area contributed by atoms with E-state index in [1.54, 1.807) is 0 Å². The first-order valence-electron chi connectivity index (χ1n) is 6.35. The van der Waals surface area contributed by atoms with E-state index in [2.05, 4.69) is 12.1 Å². The van der Waals surface area contributed by atoms with Gasteiger partial charge in [-0.3, -0.25) is 0 Å². The minimum absolute atomic E-state index is 0.738. The predicted molar refractivity (Wildman–Crippen MR) is 87.3 cm³/mol. The summed E-state index contributed by atoms with van der Waals surface area (Å²) >= 11 is 12.1. The lowest BCUT2D eigenvalue weighted by Gasteiger charge is -2.11. The van der Waals surface area contributed by atoms with E-state index < -0.39 is 0 Å². The molecule has 0 aliphatic heterocycles. The molecule has 0 amide bonds. The fourth-order valence-corrected chi connectivity index (χ4v) is 2.55. The van der Waals surface area contributed by atoms with Crippen molar-refractivity contribution in [2.24, 2.45) is 0 Å². The summed E-state index contributed by atoms with van der Waals surface area (Å²) in [4.78, 5) is 0. The Labute approximate surface area is 128 Å². The van der Waals surface area contributed by atoms with E-state index in [1.165, 1.54) is 0 Å². The highest BCUT2D eigenvalue weighted by molar-refractivity contribution is 6.31. The molecule has 0 heterocycles. The summed E-state index contributed by atoms with van der Waals surface area (Å²) < 4.78 is 0. The number of hydrogen-bond donors (Lipinski definition) is 0. The van der Waals surface area contributed by atoms with Crippen LogP contribution in [-0.4, -0.2) is 0 Å². The zero-order valence-corrected chi connectivity index (χ0v) is 12.2. The van der Waals surface area contributed by atoms with Gasteiger partial charge in [-0.15, -0.1) is 0 Å². The molecule has 0 fully saturated rings. The van der Waals surface area contributed by atoms with Crippen LogP contribution in [-0.2, 0) is 0 Å². The molecular formula is C18H12Cl2. The van der Waals surface area contributed by atoms with Gasteiger partial charge >= 0.3 is 0 Å². The van der Waals surface area contributed by atoms with Crippen LogP contribution in [0.15, 0.2) is 72.8 Å². The second-order valence-corrected chi connectivity index (χ2v) is 5.44. The summed E-state index contributed by atoms with van der Waals surface area (Å²) in [5.74, 6) is 0. The van der Waals surface area contributed by atoms with E-state index in [9.17, 15) is 0 Å². The molecule has 0 aromatic heterocycles. The van der Waals surface area contributed by atoms with E-state index in [0.29, 0.717) is 0 Å². The molecule has 0 N–H and O–H groups in total. The first-order chi connectivity index (χ1) is 9.74. The van der Waals surface area contributed by atoms with Gasteiger partial charge in [-0.1, -0.05) is 71.7 Å². The molecular weight excluding hydrogens is 287 g/mol. The Balaban J connectivity index is 2.19. The van der Waals surface area contributed by atoms with E-state index in [1.807, 2.05) is 60.7 Å². The molecule has 0 unspecified atom stereocenters. The number of rotatable bonds is 2. The van der Waals surface area contributed by atoms with Crippen molar-refractivity contribution in [1.29, 1.82) is 0 Å². The molecule has 3 rings (SSSR count). The second kappa shape index (κ2) is 5.70. The molecule has 3 aromatic rings. The molecule has 3 aromatic carbocycles. The van der Waals surface area contributed by atoms with Crippen molar-refractivity contribution in [3.8, 4) is 22.3 Å². The normalized spacial score (nSPS) is 10.5. The highest BCUT2D eigenvalue weighted by atomic mass is 35.5. The summed E-state index contributed by atoms with van der Waals surface area (Å²) in [6, 6.07) is 24.1. The SMILES string of the molecule is Clc1ccc(-c2ccc(Cl)cc2-c2ccccc2)cc1. The maximum absolute atomic E-state index is 6.16. The van der Waals surface area contributed by atoms with Gasteiger partial charge < -0.3 is 0 Å². The molecule has 0 saturated heterocycles. The second-order valence-electron chi connectivity index (χ2n) is 4.56. The van der Waals surface area contributed by atoms with Gasteiger partial charge in [0, 0.05) is 10.0 Å². The molecule has 0 nitrogen and oxygen atoms in total. The Bertz CT molecular complexity index is 716. The Morgan fingerprint density at radius 1 is 0.500 bits per heavy atom. The molecule has 0 aliphatic rings. The van der Waals surface area contributed by atoms with Crippen LogP contribution in [0.5, 0.6) is 0 Å². The van der Waals surface area contributed by atoms with Crippen LogP contribution in [0.2, 0.25) is 10.0 Å². The zero-order valence-electron chi connectivity index (χ0n) is 10.7. The van der Waals surface area contributed by atoms with Crippen molar-refractivity contribution >= 4 is 23.2 Å². The van der Waals surface area contributed by atoms with Gasteiger partial charge in [0.05, 0.1) is 0 Å². The summed E-state index contributed by atoms with van der Waals surface area (Å²) in [5, 5.41) is 1.48. The zero-order chi connectivity index (χ0) is 13.9. The van der Waals surface area contributed by atoms with Crippen LogP contribution in [0.3, 0.4) is 0 Å². The molecule has 98 valence electrons. The minimum atomic E-state index is 0.738. The van der Waals surface area contributed by atoms with Gasteiger partial charge in [0.15, 0.2) is 0 Å². The topological polar surface area (TPSA) is 0 Å². The molecule has 0 bridgehead atoms. The molecule has 0 aliphatic carbocycles. The quantitative estimate of drug-likeness (QED) is 0.519. The van der Waals surface area contributed by atoms with Crippen LogP contribution >= 0.6 is 23.2 Å². The third kappa shape index (κ3) is 2.72. The first-order valence-corrected chi connectivity index (χ1v) is 7.10. The van der Waals surface area contributed by atoms with Crippen molar-refractivity contribution in [3.05, 3.63) is 82.8 Å². The van der Waals surface area contributed by atoms with E-state index in [4.69, 9.17) is 23.2 Å². The van der Waals surface area contributed by atoms with E-state index in [0.717, 1.165) is 32.3 Å². The van der Waals surface area contributed by atoms with Crippen molar-refractivity contribution in [2.45, 2.75) is 0 Å². The van der Waals surface area contributed by atoms with Gasteiger partial charge in [0.2, 0.25) is 0 Å². The van der Waals surface area contributed by atoms with Crippen molar-refractivity contribution in [2.75, 3.05) is 0 Å². The third-order valence-corrected chi connectivity index (χ3v) is 3.71. The smallest absolute Gasteiger partial charge is 0.0412 e. The number of hydrogen-bond acceptors (Lipinski definition) is 0. The summed E-state index contributed by atoms with van der Waals surface area (Å²) in [6.45, 7) is 0. The average Bonchev–Trinajstić information content (AvgIpc) is 2.49. The fourth-order valence-electron chi connectivity index (χ4n) is 2.25. The summed E-state index contributed by atoms with van der Waals surface area (Å²) in [5.41, 5.74) is 4.56. The maximum atomic E-state index is 6.16. The predicted octanol–water partition coefficient (Wildman–Crippen LogP) is 6.33. The minimum Gasteiger partial charge on any atom is -0.0843 e. The first kappa shape index (κ1) is 13.2. The molecule has 0 spiro atoms. The van der Waals surface area contributed by atoms with Gasteiger partial charge in [0.25, 0.3) is 0 Å². The lowest BCUT2D eigenvalue weighted by atomic mass is 9.95. The van der Waals surface area contributed by atoms with Gasteiger partial charge in [-0.2, -0.15) is 0 Å². The number of benzene rings is 3. The standard InChI is InChI=1S/C18H12Cl2/c19-15-8-6-14(7-9-15)17-11-10-16(20)12-18(17)13-4-2-1-3-5-13/h1-12H. The van der Waals surface area contributed by atoms with Crippen molar-refractivity contribution < 1.29 is 0 Å². The lowest BCUT2D eigenvalue weighted by molar-refractivity contribution is 1.58. The monoisotopic (exact) mass is 298 g/mol. The molecule has 0 saturated carbocycles. The van der Waals surface area contributed by atoms with Gasteiger partial charge in [-0.05, 0) is 46.5 Å². The van der Waals surface area contributed by atoms with Gasteiger partial charge in [0.1, 0.15) is 0 Å². The highest BCUT2D eigenvalue weighted by Gasteiger charge is 2.08. The number of halogens is 2. The summed E-state index contributed by atoms with van der Waals surface area (Å²) in [7, 11) is 0. The Hall–Kier alpha value is -1.76. The molecule has 20 heavy (non-hydrogen) atoms. The highest BCUT2D eigenvalue weighted by Crippen LogP contribution is 2.34. The lowest BCUT2D eigenvalue weighted by Crippen LogP contribution is -1.85. The fraction of sp³-hybridized carbons (Fsp3) is 0. The van der Waals surface area contributed by atoms with Crippen LogP contribution < -0.4 is 0 Å². The van der Waals surface area contributed by atoms with Crippen molar-refractivity contribution in [1.82, 2.24) is 0 Å². The van der Waals surface area contributed by atoms with Crippen LogP contribution in [0.1, 0.15) is 0 Å². The Morgan fingerprint density at radius 2 is 1.10 bits per heavy atom. The van der Waals surface area contributed by atoms with Crippen LogP contribution in [0.25, 0.3) is 22.3 Å². The van der Waals surface area contributed by atoms with Crippen LogP contribution in [0.4, 0.5) is 0 Å². The van der Waals surface area contributed by atoms with Gasteiger partial charge in [-0.25, -0.2) is 0 Å². The van der Waals surface area contributed by atoms with E-state index in [-0.39, 0.29) is 0 Å². The Morgan fingerprint density at radius 3 is 1.80 bits per heavy atom. The molecule has 0 atom stereocenters. The van der Waals surface area contributed by atoms with Crippen LogP contribution in [0, 0.1) is 0 Å².